The van der Waals surface area contributed by atoms with Gasteiger partial charge in [0.05, 0.1) is 6.61 Å². The first-order valence-electron chi connectivity index (χ1n) is 7.96. The van der Waals surface area contributed by atoms with Crippen molar-refractivity contribution in [3.05, 3.63) is 35.9 Å². The van der Waals surface area contributed by atoms with Crippen LogP contribution in [-0.2, 0) is 11.3 Å². The zero-order chi connectivity index (χ0) is 15.4. The van der Waals surface area contributed by atoms with Crippen LogP contribution in [0.3, 0.4) is 0 Å². The Morgan fingerprint density at radius 1 is 1.00 bits per heavy atom. The third-order valence-corrected chi connectivity index (χ3v) is 5.66. The molecule has 21 heavy (non-hydrogen) atoms. The Labute approximate surface area is 132 Å². The molecule has 0 unspecified atom stereocenters. The SMILES string of the molecule is CCS(C)(C)C#CCCCCCCOCc1ccccc1. The molecule has 0 N–H and O–H groups in total. The number of hydrogen-bond acceptors (Lipinski definition) is 1. The van der Waals surface area contributed by atoms with Crippen molar-refractivity contribution in [1.82, 2.24) is 0 Å². The van der Waals surface area contributed by atoms with Crippen LogP contribution in [0.5, 0.6) is 0 Å². The Bertz CT molecular complexity index is 428. The van der Waals surface area contributed by atoms with E-state index in [1.165, 1.54) is 30.6 Å². The number of hydrogen-bond donors (Lipinski definition) is 0. The maximum Gasteiger partial charge on any atom is 0.0716 e. The fourth-order valence-corrected chi connectivity index (χ4v) is 2.49. The van der Waals surface area contributed by atoms with E-state index in [9.17, 15) is 0 Å². The molecule has 0 radical (unpaired) electrons. The van der Waals surface area contributed by atoms with Crippen molar-refractivity contribution >= 4 is 10.0 Å². The van der Waals surface area contributed by atoms with Crippen LogP contribution in [0.2, 0.25) is 0 Å². The molecule has 0 aliphatic heterocycles. The minimum Gasteiger partial charge on any atom is -0.377 e. The largest absolute Gasteiger partial charge is 0.377 e. The molecule has 1 aromatic carbocycles. The summed E-state index contributed by atoms with van der Waals surface area (Å²) in [6.07, 6.45) is 10.6. The molecule has 1 rings (SSSR count). The van der Waals surface area contributed by atoms with E-state index in [-0.39, 0.29) is 0 Å². The monoisotopic (exact) mass is 306 g/mol. The van der Waals surface area contributed by atoms with Gasteiger partial charge in [0.2, 0.25) is 0 Å². The average molecular weight is 307 g/mol. The predicted octanol–water partition coefficient (Wildman–Crippen LogP) is 5.20. The quantitative estimate of drug-likeness (QED) is 0.450. The molecule has 0 aromatic heterocycles. The molecule has 0 aliphatic rings. The number of unbranched alkanes of at least 4 members (excludes halogenated alkanes) is 4. The van der Waals surface area contributed by atoms with Gasteiger partial charge in [-0.25, -0.2) is 0 Å². The molecule has 0 heterocycles. The fraction of sp³-hybridized carbons (Fsp3) is 0.579. The van der Waals surface area contributed by atoms with Crippen molar-refractivity contribution in [1.29, 1.82) is 0 Å². The van der Waals surface area contributed by atoms with Crippen molar-refractivity contribution in [2.45, 2.75) is 45.6 Å². The van der Waals surface area contributed by atoms with Gasteiger partial charge in [-0.2, -0.15) is 10.0 Å². The normalized spacial score (nSPS) is 11.8. The highest BCUT2D eigenvalue weighted by atomic mass is 32.3. The van der Waals surface area contributed by atoms with Crippen LogP contribution < -0.4 is 0 Å². The van der Waals surface area contributed by atoms with E-state index < -0.39 is 10.0 Å². The lowest BCUT2D eigenvalue weighted by atomic mass is 10.1. The van der Waals surface area contributed by atoms with Gasteiger partial charge in [0.15, 0.2) is 0 Å². The first-order valence-corrected chi connectivity index (χ1v) is 10.6. The lowest BCUT2D eigenvalue weighted by Gasteiger charge is -2.20. The fourth-order valence-electron chi connectivity index (χ4n) is 1.85. The average Bonchev–Trinajstić information content (AvgIpc) is 2.50. The summed E-state index contributed by atoms with van der Waals surface area (Å²) in [7, 11) is -0.632. The van der Waals surface area contributed by atoms with Crippen molar-refractivity contribution in [2.24, 2.45) is 0 Å². The predicted molar refractivity (Wildman–Crippen MR) is 96.9 cm³/mol. The molecule has 118 valence electrons. The van der Waals surface area contributed by atoms with Crippen molar-refractivity contribution < 1.29 is 4.74 Å². The zero-order valence-electron chi connectivity index (χ0n) is 13.9. The second kappa shape index (κ2) is 10.8. The molecule has 1 nitrogen and oxygen atoms in total. The van der Waals surface area contributed by atoms with Gasteiger partial charge in [-0.1, -0.05) is 61.3 Å². The van der Waals surface area contributed by atoms with Gasteiger partial charge in [-0.3, -0.25) is 0 Å². The molecule has 0 spiro atoms. The highest BCUT2D eigenvalue weighted by Crippen LogP contribution is 2.37. The first kappa shape index (κ1) is 18.1. The lowest BCUT2D eigenvalue weighted by molar-refractivity contribution is 0.117. The Morgan fingerprint density at radius 3 is 2.43 bits per heavy atom. The molecular weight excluding hydrogens is 276 g/mol. The zero-order valence-corrected chi connectivity index (χ0v) is 14.7. The van der Waals surface area contributed by atoms with Gasteiger partial charge < -0.3 is 4.74 Å². The van der Waals surface area contributed by atoms with Crippen LogP contribution in [0, 0.1) is 11.2 Å². The van der Waals surface area contributed by atoms with Crippen LogP contribution in [0.25, 0.3) is 0 Å². The summed E-state index contributed by atoms with van der Waals surface area (Å²) in [6.45, 7) is 3.84. The molecule has 0 amide bonds. The summed E-state index contributed by atoms with van der Waals surface area (Å²) in [4.78, 5) is 0. The van der Waals surface area contributed by atoms with Gasteiger partial charge in [0.1, 0.15) is 0 Å². The van der Waals surface area contributed by atoms with E-state index in [1.54, 1.807) is 0 Å². The van der Waals surface area contributed by atoms with Crippen LogP contribution in [0.15, 0.2) is 30.3 Å². The van der Waals surface area contributed by atoms with E-state index in [1.807, 2.05) is 6.07 Å². The van der Waals surface area contributed by atoms with Gasteiger partial charge in [0.25, 0.3) is 0 Å². The van der Waals surface area contributed by atoms with Crippen molar-refractivity contribution in [3.8, 4) is 11.2 Å². The van der Waals surface area contributed by atoms with Gasteiger partial charge in [-0.05, 0) is 36.7 Å². The van der Waals surface area contributed by atoms with Gasteiger partial charge in [-0.15, -0.1) is 0 Å². The van der Waals surface area contributed by atoms with Crippen LogP contribution in [0.4, 0.5) is 0 Å². The van der Waals surface area contributed by atoms with Crippen LogP contribution in [0.1, 0.15) is 44.6 Å². The Balaban J connectivity index is 1.93. The summed E-state index contributed by atoms with van der Waals surface area (Å²) < 4.78 is 5.68. The van der Waals surface area contributed by atoms with Gasteiger partial charge >= 0.3 is 0 Å². The van der Waals surface area contributed by atoms with E-state index in [4.69, 9.17) is 4.74 Å². The Hall–Kier alpha value is -0.910. The smallest absolute Gasteiger partial charge is 0.0716 e. The molecular formula is C19H30OS. The Morgan fingerprint density at radius 2 is 1.71 bits per heavy atom. The topological polar surface area (TPSA) is 9.23 Å². The van der Waals surface area contributed by atoms with Gasteiger partial charge in [0, 0.05) is 13.0 Å². The van der Waals surface area contributed by atoms with Crippen molar-refractivity contribution in [2.75, 3.05) is 24.9 Å². The molecule has 0 aliphatic carbocycles. The molecule has 0 saturated carbocycles. The van der Waals surface area contributed by atoms with E-state index in [0.29, 0.717) is 0 Å². The van der Waals surface area contributed by atoms with Crippen molar-refractivity contribution in [3.63, 3.8) is 0 Å². The second-order valence-corrected chi connectivity index (χ2v) is 9.67. The first-order chi connectivity index (χ1) is 10.1. The summed E-state index contributed by atoms with van der Waals surface area (Å²) in [5.41, 5.74) is 1.26. The molecule has 1 aromatic rings. The Kier molecular flexibility index (Phi) is 9.30. The summed E-state index contributed by atoms with van der Waals surface area (Å²) >= 11 is 0. The molecule has 0 atom stereocenters. The highest BCUT2D eigenvalue weighted by Gasteiger charge is 2.01. The number of benzene rings is 1. The van der Waals surface area contributed by atoms with E-state index >= 15 is 0 Å². The summed E-state index contributed by atoms with van der Waals surface area (Å²) in [5, 5.41) is 3.45. The third-order valence-electron chi connectivity index (χ3n) is 3.52. The van der Waals surface area contributed by atoms with Crippen LogP contribution in [-0.4, -0.2) is 24.9 Å². The molecule has 0 saturated heterocycles. The maximum atomic E-state index is 5.68. The molecule has 0 bridgehead atoms. The third kappa shape index (κ3) is 9.61. The summed E-state index contributed by atoms with van der Waals surface area (Å²) in [6, 6.07) is 10.4. The van der Waals surface area contributed by atoms with Crippen LogP contribution >= 0.6 is 10.0 Å². The maximum absolute atomic E-state index is 5.68. The van der Waals surface area contributed by atoms with E-state index in [2.05, 4.69) is 54.9 Å². The minimum absolute atomic E-state index is 0.632. The number of rotatable bonds is 9. The standard InChI is InChI=1S/C19H30OS/c1-4-21(2,3)17-13-8-6-5-7-12-16-20-18-19-14-10-9-11-15-19/h9-11,14-15H,4-8,12,16,18H2,1-3H3. The minimum atomic E-state index is -0.632. The van der Waals surface area contributed by atoms with E-state index in [0.717, 1.165) is 26.1 Å². The summed E-state index contributed by atoms with van der Waals surface area (Å²) in [5.74, 6) is 4.56. The highest BCUT2D eigenvalue weighted by molar-refractivity contribution is 8.36. The molecule has 0 fully saturated rings. The number of ether oxygens (including phenoxy) is 1. The second-order valence-electron chi connectivity index (χ2n) is 5.81. The molecule has 2 heteroatoms. The lowest BCUT2D eigenvalue weighted by Crippen LogP contribution is -1.95.